The number of rotatable bonds is 8. The number of fused-ring (bicyclic) bond motifs is 1. The van der Waals surface area contributed by atoms with Crippen LogP contribution in [-0.2, 0) is 4.79 Å². The number of carbonyl (C=O) groups excluding carboxylic acids is 2. The van der Waals surface area contributed by atoms with Crippen molar-refractivity contribution in [2.75, 3.05) is 25.0 Å². The van der Waals surface area contributed by atoms with Gasteiger partial charge in [0.25, 0.3) is 11.8 Å². The molecule has 0 radical (unpaired) electrons. The Balaban J connectivity index is 1.42. The van der Waals surface area contributed by atoms with Gasteiger partial charge in [0.05, 0.1) is 10.6 Å². The number of hydrogen-bond donors (Lipinski definition) is 1. The number of benzene rings is 2. The number of nitrogens with zero attached hydrogens (tertiary/aromatic N) is 2. The normalized spacial score (nSPS) is 18.4. The molecule has 2 amide bonds. The third kappa shape index (κ3) is 6.22. The van der Waals surface area contributed by atoms with E-state index in [0.717, 1.165) is 34.7 Å². The minimum absolute atomic E-state index is 0.0526. The molecule has 2 aliphatic rings. The van der Waals surface area contributed by atoms with Gasteiger partial charge in [-0.1, -0.05) is 67.8 Å². The molecule has 1 saturated carbocycles. The molecule has 0 bridgehead atoms. The third-order valence-electron chi connectivity index (χ3n) is 7.51. The van der Waals surface area contributed by atoms with E-state index in [1.54, 1.807) is 11.9 Å². The van der Waals surface area contributed by atoms with Crippen molar-refractivity contribution >= 4 is 35.3 Å². The van der Waals surface area contributed by atoms with Crippen molar-refractivity contribution in [3.63, 3.8) is 0 Å². The molecule has 0 saturated heterocycles. The lowest BCUT2D eigenvalue weighted by atomic mass is 9.93. The lowest BCUT2D eigenvalue weighted by Crippen LogP contribution is -2.46. The van der Waals surface area contributed by atoms with Crippen molar-refractivity contribution in [1.29, 1.82) is 0 Å². The first kappa shape index (κ1) is 26.5. The van der Waals surface area contributed by atoms with E-state index in [1.807, 2.05) is 49.4 Å². The predicted molar refractivity (Wildman–Crippen MR) is 151 cm³/mol. The Morgan fingerprint density at radius 2 is 1.97 bits per heavy atom. The third-order valence-corrected chi connectivity index (χ3v) is 8.59. The van der Waals surface area contributed by atoms with Crippen LogP contribution in [0.15, 0.2) is 52.3 Å². The second-order valence-corrected chi connectivity index (χ2v) is 11.2. The Bertz CT molecular complexity index is 1120. The highest BCUT2D eigenvalue weighted by Crippen LogP contribution is 2.42. The fourth-order valence-corrected chi connectivity index (χ4v) is 6.35. The SMILES string of the molecule is CCC(C)N(CCNC(=O)c1ccc2c(c1)N(C)C(=O)/C(=C\c1cccc(C)c1)S2)C1CCCCC1. The molecule has 1 fully saturated rings. The summed E-state index contributed by atoms with van der Waals surface area (Å²) in [6.07, 6.45) is 9.56. The lowest BCUT2D eigenvalue weighted by molar-refractivity contribution is -0.114. The van der Waals surface area contributed by atoms with Gasteiger partial charge in [-0.05, 0) is 62.9 Å². The van der Waals surface area contributed by atoms with Crippen LogP contribution in [-0.4, -0.2) is 48.9 Å². The monoisotopic (exact) mass is 505 g/mol. The molecular formula is C30H39N3O2S. The Labute approximate surface area is 220 Å². The Morgan fingerprint density at radius 1 is 1.19 bits per heavy atom. The molecular weight excluding hydrogens is 466 g/mol. The Morgan fingerprint density at radius 3 is 2.69 bits per heavy atom. The summed E-state index contributed by atoms with van der Waals surface area (Å²) in [6, 6.07) is 14.9. The van der Waals surface area contributed by atoms with Crippen molar-refractivity contribution in [3.05, 3.63) is 64.1 Å². The molecule has 1 aliphatic heterocycles. The number of amides is 2. The zero-order chi connectivity index (χ0) is 25.7. The van der Waals surface area contributed by atoms with Crippen LogP contribution in [0, 0.1) is 6.92 Å². The van der Waals surface area contributed by atoms with Crippen LogP contribution in [0.25, 0.3) is 6.08 Å². The van der Waals surface area contributed by atoms with E-state index < -0.39 is 0 Å². The number of thioether (sulfide) groups is 1. The molecule has 2 aromatic carbocycles. The average molecular weight is 506 g/mol. The van der Waals surface area contributed by atoms with Crippen molar-refractivity contribution in [2.45, 2.75) is 76.3 Å². The second kappa shape index (κ2) is 12.1. The van der Waals surface area contributed by atoms with E-state index >= 15 is 0 Å². The summed E-state index contributed by atoms with van der Waals surface area (Å²) in [5, 5.41) is 3.12. The molecule has 1 atom stereocenters. The number of aryl methyl sites for hydroxylation is 1. The molecule has 2 aromatic rings. The summed E-state index contributed by atoms with van der Waals surface area (Å²) in [6.45, 7) is 8.08. The molecule has 5 nitrogen and oxygen atoms in total. The van der Waals surface area contributed by atoms with Crippen molar-refractivity contribution < 1.29 is 9.59 Å². The highest BCUT2D eigenvalue weighted by molar-refractivity contribution is 8.04. The topological polar surface area (TPSA) is 52.7 Å². The largest absolute Gasteiger partial charge is 0.351 e. The van der Waals surface area contributed by atoms with Gasteiger partial charge in [0.15, 0.2) is 0 Å². The maximum Gasteiger partial charge on any atom is 0.264 e. The molecule has 36 heavy (non-hydrogen) atoms. The van der Waals surface area contributed by atoms with E-state index in [0.29, 0.717) is 29.1 Å². The van der Waals surface area contributed by atoms with Crippen molar-refractivity contribution in [1.82, 2.24) is 10.2 Å². The summed E-state index contributed by atoms with van der Waals surface area (Å²) in [5.74, 6) is -0.138. The number of likely N-dealkylation sites (N-methyl/N-ethyl adjacent to an activating group) is 1. The van der Waals surface area contributed by atoms with Crippen LogP contribution in [0.5, 0.6) is 0 Å². The Hall–Kier alpha value is -2.57. The van der Waals surface area contributed by atoms with E-state index in [9.17, 15) is 9.59 Å². The van der Waals surface area contributed by atoms with Gasteiger partial charge >= 0.3 is 0 Å². The predicted octanol–water partition coefficient (Wildman–Crippen LogP) is 6.27. The van der Waals surface area contributed by atoms with Gasteiger partial charge in [-0.2, -0.15) is 0 Å². The lowest BCUT2D eigenvalue weighted by Gasteiger charge is -2.38. The summed E-state index contributed by atoms with van der Waals surface area (Å²) >= 11 is 1.46. The van der Waals surface area contributed by atoms with E-state index in [-0.39, 0.29) is 11.8 Å². The highest BCUT2D eigenvalue weighted by atomic mass is 32.2. The maximum absolute atomic E-state index is 13.1. The number of anilines is 1. The molecule has 192 valence electrons. The molecule has 0 aromatic heterocycles. The van der Waals surface area contributed by atoms with Crippen LogP contribution < -0.4 is 10.2 Å². The van der Waals surface area contributed by atoms with Gasteiger partial charge < -0.3 is 10.2 Å². The molecule has 1 N–H and O–H groups in total. The first-order chi connectivity index (χ1) is 17.4. The van der Waals surface area contributed by atoms with Crippen molar-refractivity contribution in [3.8, 4) is 0 Å². The van der Waals surface area contributed by atoms with E-state index in [4.69, 9.17) is 0 Å². The summed E-state index contributed by atoms with van der Waals surface area (Å²) in [4.78, 5) is 32.0. The van der Waals surface area contributed by atoms with E-state index in [2.05, 4.69) is 30.1 Å². The average Bonchev–Trinajstić information content (AvgIpc) is 2.89. The van der Waals surface area contributed by atoms with Gasteiger partial charge in [-0.25, -0.2) is 0 Å². The van der Waals surface area contributed by atoms with Gasteiger partial charge in [-0.15, -0.1) is 0 Å². The van der Waals surface area contributed by atoms with Gasteiger partial charge in [-0.3, -0.25) is 14.5 Å². The highest BCUT2D eigenvalue weighted by Gasteiger charge is 2.28. The van der Waals surface area contributed by atoms with Crippen LogP contribution in [0.3, 0.4) is 0 Å². The molecule has 4 rings (SSSR count). The first-order valence-corrected chi connectivity index (χ1v) is 14.1. The minimum atomic E-state index is -0.0857. The zero-order valence-electron chi connectivity index (χ0n) is 22.0. The van der Waals surface area contributed by atoms with Crippen molar-refractivity contribution in [2.24, 2.45) is 0 Å². The summed E-state index contributed by atoms with van der Waals surface area (Å²) in [7, 11) is 1.78. The molecule has 6 heteroatoms. The van der Waals surface area contributed by atoms with Crippen LogP contribution in [0.4, 0.5) is 5.69 Å². The van der Waals surface area contributed by atoms with Crippen LogP contribution in [0.1, 0.15) is 73.9 Å². The molecule has 0 spiro atoms. The quantitative estimate of drug-likeness (QED) is 0.430. The molecule has 1 unspecified atom stereocenters. The van der Waals surface area contributed by atoms with Gasteiger partial charge in [0.1, 0.15) is 0 Å². The number of carbonyl (C=O) groups is 2. The fraction of sp³-hybridized carbons (Fsp3) is 0.467. The molecule has 1 aliphatic carbocycles. The number of hydrogen-bond acceptors (Lipinski definition) is 4. The molecule has 1 heterocycles. The van der Waals surface area contributed by atoms with E-state index in [1.165, 1.54) is 43.9 Å². The van der Waals surface area contributed by atoms with Gasteiger partial charge in [0, 0.05) is 42.7 Å². The second-order valence-electron chi connectivity index (χ2n) is 10.1. The zero-order valence-corrected chi connectivity index (χ0v) is 22.9. The Kier molecular flexibility index (Phi) is 8.91. The standard InChI is InChI=1S/C30H39N3O2S/c1-5-22(3)33(25-12-7-6-8-13-25)17-16-31-29(34)24-14-15-27-26(20-24)32(4)30(35)28(36-27)19-23-11-9-10-21(2)18-23/h9-11,14-15,18-20,22,25H,5-8,12-13,16-17H2,1-4H3,(H,31,34)/b28-19+. The summed E-state index contributed by atoms with van der Waals surface area (Å²) in [5.41, 5.74) is 3.54. The smallest absolute Gasteiger partial charge is 0.264 e. The van der Waals surface area contributed by atoms with Gasteiger partial charge in [0.2, 0.25) is 0 Å². The van der Waals surface area contributed by atoms with Crippen LogP contribution >= 0.6 is 11.8 Å². The van der Waals surface area contributed by atoms with Crippen LogP contribution in [0.2, 0.25) is 0 Å². The summed E-state index contributed by atoms with van der Waals surface area (Å²) < 4.78 is 0. The first-order valence-electron chi connectivity index (χ1n) is 13.3. The fourth-order valence-electron chi connectivity index (χ4n) is 5.26. The number of nitrogens with one attached hydrogen (secondary N) is 1. The maximum atomic E-state index is 13.1. The minimum Gasteiger partial charge on any atom is -0.351 e.